The van der Waals surface area contributed by atoms with Crippen molar-refractivity contribution in [1.29, 1.82) is 0 Å². The summed E-state index contributed by atoms with van der Waals surface area (Å²) < 4.78 is 7.42. The van der Waals surface area contributed by atoms with Crippen molar-refractivity contribution >= 4 is 16.6 Å². The van der Waals surface area contributed by atoms with Gasteiger partial charge in [-0.25, -0.2) is 4.98 Å². The Morgan fingerprint density at radius 1 is 0.952 bits per heavy atom. The molecule has 0 N–H and O–H groups in total. The first-order valence-corrected chi connectivity index (χ1v) is 6.86. The van der Waals surface area contributed by atoms with Crippen LogP contribution in [0.15, 0.2) is 66.9 Å². The molecule has 0 aliphatic heterocycles. The molecule has 3 nitrogen and oxygen atoms in total. The first-order valence-electron chi connectivity index (χ1n) is 6.86. The number of fused-ring (bicyclic) bond motifs is 3. The van der Waals surface area contributed by atoms with Crippen LogP contribution >= 0.6 is 0 Å². The van der Waals surface area contributed by atoms with Crippen LogP contribution in [0.5, 0.6) is 5.75 Å². The highest BCUT2D eigenvalue weighted by Gasteiger charge is 2.07. The van der Waals surface area contributed by atoms with Crippen molar-refractivity contribution in [1.82, 2.24) is 9.38 Å². The number of hydrogen-bond acceptors (Lipinski definition) is 2. The Hall–Kier alpha value is -2.81. The number of pyridine rings is 1. The second-order valence-electron chi connectivity index (χ2n) is 4.98. The maximum atomic E-state index is 5.29. The minimum atomic E-state index is 0.842. The molecule has 0 saturated heterocycles. The summed E-state index contributed by atoms with van der Waals surface area (Å²) in [5.41, 5.74) is 4.12. The molecule has 0 radical (unpaired) electrons. The zero-order valence-electron chi connectivity index (χ0n) is 11.7. The number of rotatable bonds is 2. The van der Waals surface area contributed by atoms with Gasteiger partial charge in [-0.3, -0.25) is 4.40 Å². The molecule has 2 heterocycles. The Labute approximate surface area is 122 Å². The predicted molar refractivity (Wildman–Crippen MR) is 84.7 cm³/mol. The molecule has 0 atom stereocenters. The summed E-state index contributed by atoms with van der Waals surface area (Å²) in [5, 5.41) is 1.21. The van der Waals surface area contributed by atoms with Crippen molar-refractivity contribution in [2.75, 3.05) is 7.11 Å². The van der Waals surface area contributed by atoms with Crippen molar-refractivity contribution in [3.63, 3.8) is 0 Å². The molecule has 0 amide bonds. The van der Waals surface area contributed by atoms with Gasteiger partial charge in [0, 0.05) is 11.8 Å². The van der Waals surface area contributed by atoms with Crippen LogP contribution in [0.4, 0.5) is 0 Å². The minimum Gasteiger partial charge on any atom is -0.497 e. The van der Waals surface area contributed by atoms with Crippen molar-refractivity contribution in [2.45, 2.75) is 0 Å². The molecule has 0 saturated carbocycles. The van der Waals surface area contributed by atoms with Crippen molar-refractivity contribution < 1.29 is 4.74 Å². The molecule has 0 unspecified atom stereocenters. The topological polar surface area (TPSA) is 26.5 Å². The van der Waals surface area contributed by atoms with Gasteiger partial charge in [-0.1, -0.05) is 30.3 Å². The number of nitrogens with zero attached hydrogens (tertiary/aromatic N) is 2. The minimum absolute atomic E-state index is 0.842. The monoisotopic (exact) mass is 274 g/mol. The molecule has 0 aliphatic rings. The van der Waals surface area contributed by atoms with E-state index in [1.807, 2.05) is 42.5 Å². The predicted octanol–water partition coefficient (Wildman–Crippen LogP) is 4.16. The second kappa shape index (κ2) is 4.63. The summed E-state index contributed by atoms with van der Waals surface area (Å²) >= 11 is 0. The van der Waals surface area contributed by atoms with E-state index < -0.39 is 0 Å². The smallest absolute Gasteiger partial charge is 0.137 e. The fraction of sp³-hybridized carbons (Fsp3) is 0.0556. The third-order valence-electron chi connectivity index (χ3n) is 3.71. The number of hydrogen-bond donors (Lipinski definition) is 0. The van der Waals surface area contributed by atoms with Gasteiger partial charge >= 0.3 is 0 Å². The summed E-state index contributed by atoms with van der Waals surface area (Å²) in [5.74, 6) is 0.842. The lowest BCUT2D eigenvalue weighted by atomic mass is 10.1. The molecular weight excluding hydrogens is 260 g/mol. The molecular formula is C18H14N2O. The van der Waals surface area contributed by atoms with E-state index in [4.69, 9.17) is 9.72 Å². The lowest BCUT2D eigenvalue weighted by Gasteiger charge is -2.01. The van der Waals surface area contributed by atoms with Crippen LogP contribution in [-0.2, 0) is 0 Å². The molecule has 0 aliphatic carbocycles. The standard InChI is InChI=1S/C18H14N2O/c1-21-15-7-4-6-14(11-15)16-12-20-17-8-3-2-5-13(17)9-10-18(20)19-16/h2-12H,1H3. The molecule has 0 spiro atoms. The highest BCUT2D eigenvalue weighted by atomic mass is 16.5. The number of para-hydroxylation sites is 1. The number of methoxy groups -OCH3 is 1. The number of imidazole rings is 1. The molecule has 4 rings (SSSR count). The van der Waals surface area contributed by atoms with Gasteiger partial charge in [0.2, 0.25) is 0 Å². The van der Waals surface area contributed by atoms with Gasteiger partial charge in [0.1, 0.15) is 11.4 Å². The van der Waals surface area contributed by atoms with E-state index in [-0.39, 0.29) is 0 Å². The average Bonchev–Trinajstić information content (AvgIpc) is 2.99. The second-order valence-corrected chi connectivity index (χ2v) is 4.98. The molecule has 3 heteroatoms. The Kier molecular flexibility index (Phi) is 2.64. The van der Waals surface area contributed by atoms with Gasteiger partial charge in [0.15, 0.2) is 0 Å². The molecule has 0 fully saturated rings. The summed E-state index contributed by atoms with van der Waals surface area (Å²) in [6.07, 6.45) is 2.08. The van der Waals surface area contributed by atoms with Gasteiger partial charge in [-0.15, -0.1) is 0 Å². The third kappa shape index (κ3) is 1.94. The van der Waals surface area contributed by atoms with Gasteiger partial charge in [0.05, 0.1) is 18.3 Å². The fourth-order valence-electron chi connectivity index (χ4n) is 2.64. The highest BCUT2D eigenvalue weighted by Crippen LogP contribution is 2.25. The normalized spacial score (nSPS) is 11.1. The number of aromatic nitrogens is 2. The van der Waals surface area contributed by atoms with Gasteiger partial charge in [-0.05, 0) is 35.7 Å². The van der Waals surface area contributed by atoms with Crippen LogP contribution in [0.25, 0.3) is 27.8 Å². The van der Waals surface area contributed by atoms with Gasteiger partial charge in [0.25, 0.3) is 0 Å². The fourth-order valence-corrected chi connectivity index (χ4v) is 2.64. The van der Waals surface area contributed by atoms with Crippen LogP contribution in [0.3, 0.4) is 0 Å². The first-order chi connectivity index (χ1) is 10.3. The lowest BCUT2D eigenvalue weighted by Crippen LogP contribution is -1.85. The van der Waals surface area contributed by atoms with Crippen molar-refractivity contribution in [2.24, 2.45) is 0 Å². The maximum Gasteiger partial charge on any atom is 0.137 e. The Balaban J connectivity index is 1.96. The van der Waals surface area contributed by atoms with Crippen LogP contribution in [0.1, 0.15) is 0 Å². The molecule has 2 aromatic carbocycles. The molecule has 2 aromatic heterocycles. The SMILES string of the molecule is COc1cccc(-c2cn3c(ccc4ccccc43)n2)c1. The van der Waals surface area contributed by atoms with Gasteiger partial charge < -0.3 is 4.74 Å². The summed E-state index contributed by atoms with van der Waals surface area (Å²) in [7, 11) is 1.68. The number of ether oxygens (including phenoxy) is 1. The summed E-state index contributed by atoms with van der Waals surface area (Å²) in [6, 6.07) is 20.4. The molecule has 4 aromatic rings. The largest absolute Gasteiger partial charge is 0.497 e. The third-order valence-corrected chi connectivity index (χ3v) is 3.71. The van der Waals surface area contributed by atoms with E-state index in [0.717, 1.165) is 28.2 Å². The Bertz CT molecular complexity index is 940. The van der Waals surface area contributed by atoms with E-state index >= 15 is 0 Å². The van der Waals surface area contributed by atoms with Crippen LogP contribution < -0.4 is 4.74 Å². The average molecular weight is 274 g/mol. The molecule has 0 bridgehead atoms. The Morgan fingerprint density at radius 3 is 2.76 bits per heavy atom. The van der Waals surface area contributed by atoms with Crippen LogP contribution in [-0.4, -0.2) is 16.5 Å². The van der Waals surface area contributed by atoms with Crippen LogP contribution in [0.2, 0.25) is 0 Å². The zero-order valence-corrected chi connectivity index (χ0v) is 11.7. The maximum absolute atomic E-state index is 5.29. The van der Waals surface area contributed by atoms with Crippen molar-refractivity contribution in [3.8, 4) is 17.0 Å². The lowest BCUT2D eigenvalue weighted by molar-refractivity contribution is 0.415. The van der Waals surface area contributed by atoms with Crippen molar-refractivity contribution in [3.05, 3.63) is 66.9 Å². The van der Waals surface area contributed by atoms with E-state index in [1.165, 1.54) is 5.39 Å². The van der Waals surface area contributed by atoms with Gasteiger partial charge in [-0.2, -0.15) is 0 Å². The molecule has 102 valence electrons. The summed E-state index contributed by atoms with van der Waals surface area (Å²) in [6.45, 7) is 0. The molecule has 21 heavy (non-hydrogen) atoms. The van der Waals surface area contributed by atoms with E-state index in [2.05, 4.69) is 28.8 Å². The first kappa shape index (κ1) is 12.0. The van der Waals surface area contributed by atoms with E-state index in [0.29, 0.717) is 0 Å². The van der Waals surface area contributed by atoms with Crippen LogP contribution in [0, 0.1) is 0 Å². The highest BCUT2D eigenvalue weighted by molar-refractivity contribution is 5.83. The Morgan fingerprint density at radius 2 is 1.86 bits per heavy atom. The number of benzene rings is 2. The zero-order chi connectivity index (χ0) is 14.2. The summed E-state index contributed by atoms with van der Waals surface area (Å²) in [4.78, 5) is 4.72. The quantitative estimate of drug-likeness (QED) is 0.548. The van der Waals surface area contributed by atoms with E-state index in [1.54, 1.807) is 7.11 Å². The van der Waals surface area contributed by atoms with E-state index in [9.17, 15) is 0 Å².